The van der Waals surface area contributed by atoms with Gasteiger partial charge in [-0.2, -0.15) is 26.3 Å². The van der Waals surface area contributed by atoms with Gasteiger partial charge in [-0.3, -0.25) is 4.79 Å². The Bertz CT molecular complexity index is 407. The van der Waals surface area contributed by atoms with E-state index >= 15 is 0 Å². The average Bonchev–Trinajstić information content (AvgIpc) is 2.62. The number of furan rings is 1. The first kappa shape index (κ1) is 13.3. The maximum atomic E-state index is 12.0. The largest absolute Gasteiger partial charge is 0.461 e. The van der Waals surface area contributed by atoms with Crippen molar-refractivity contribution in [1.29, 1.82) is 0 Å². The van der Waals surface area contributed by atoms with Gasteiger partial charge in [-0.1, -0.05) is 0 Å². The van der Waals surface area contributed by atoms with Crippen molar-refractivity contribution >= 4 is 5.78 Å². The third-order valence-corrected chi connectivity index (χ3v) is 1.65. The number of carbonyl (C=O) groups excluding carboxylic acids is 1. The van der Waals surface area contributed by atoms with Gasteiger partial charge in [-0.05, 0) is 12.1 Å². The van der Waals surface area contributed by atoms with Crippen molar-refractivity contribution in [3.05, 3.63) is 35.8 Å². The molecule has 0 saturated heterocycles. The monoisotopic (exact) mass is 258 g/mol. The highest BCUT2D eigenvalue weighted by molar-refractivity contribution is 6.03. The Morgan fingerprint density at radius 1 is 1.12 bits per heavy atom. The van der Waals surface area contributed by atoms with E-state index in [1.54, 1.807) is 0 Å². The number of alkyl halides is 6. The van der Waals surface area contributed by atoms with Crippen LogP contribution in [0.4, 0.5) is 26.3 Å². The van der Waals surface area contributed by atoms with E-state index in [0.717, 1.165) is 12.3 Å². The van der Waals surface area contributed by atoms with Crippen LogP contribution in [0.2, 0.25) is 0 Å². The molecule has 2 nitrogen and oxygen atoms in total. The number of carbonyl (C=O) groups is 1. The summed E-state index contributed by atoms with van der Waals surface area (Å²) < 4.78 is 76.7. The van der Waals surface area contributed by atoms with Gasteiger partial charge in [-0.15, -0.1) is 0 Å². The van der Waals surface area contributed by atoms with Gasteiger partial charge in [-0.25, -0.2) is 0 Å². The summed E-state index contributed by atoms with van der Waals surface area (Å²) in [4.78, 5) is 11.0. The summed E-state index contributed by atoms with van der Waals surface area (Å²) in [6.07, 6.45) is -10.9. The van der Waals surface area contributed by atoms with Crippen molar-refractivity contribution in [3.63, 3.8) is 0 Å². The summed E-state index contributed by atoms with van der Waals surface area (Å²) in [5.41, 5.74) is -2.87. The molecule has 0 N–H and O–H groups in total. The van der Waals surface area contributed by atoms with Gasteiger partial charge >= 0.3 is 12.4 Å². The molecular formula is C9H4F6O2. The second kappa shape index (κ2) is 4.27. The number of hydrogen-bond donors (Lipinski definition) is 0. The van der Waals surface area contributed by atoms with Crippen LogP contribution >= 0.6 is 0 Å². The lowest BCUT2D eigenvalue weighted by molar-refractivity contribution is -0.171. The fourth-order valence-corrected chi connectivity index (χ4v) is 0.945. The molecule has 8 heteroatoms. The van der Waals surface area contributed by atoms with Crippen molar-refractivity contribution in [2.75, 3.05) is 0 Å². The Balaban J connectivity index is 3.12. The number of rotatable bonds is 2. The number of hydrogen-bond acceptors (Lipinski definition) is 2. The summed E-state index contributed by atoms with van der Waals surface area (Å²) in [5.74, 6) is -2.10. The summed E-state index contributed by atoms with van der Waals surface area (Å²) in [7, 11) is 0. The van der Waals surface area contributed by atoms with E-state index in [4.69, 9.17) is 0 Å². The SMILES string of the molecule is O=C(C=C(C(F)(F)F)C(F)(F)F)c1ccco1. The van der Waals surface area contributed by atoms with Gasteiger partial charge in [0, 0.05) is 6.08 Å². The van der Waals surface area contributed by atoms with Crippen LogP contribution in [-0.4, -0.2) is 18.1 Å². The van der Waals surface area contributed by atoms with Crippen LogP contribution in [0.15, 0.2) is 34.5 Å². The number of allylic oxidation sites excluding steroid dienone is 2. The lowest BCUT2D eigenvalue weighted by Gasteiger charge is -2.14. The fourth-order valence-electron chi connectivity index (χ4n) is 0.945. The van der Waals surface area contributed by atoms with Crippen LogP contribution in [-0.2, 0) is 0 Å². The highest BCUT2D eigenvalue weighted by Gasteiger charge is 2.51. The minimum Gasteiger partial charge on any atom is -0.461 e. The van der Waals surface area contributed by atoms with E-state index in [-0.39, 0.29) is 0 Å². The summed E-state index contributed by atoms with van der Waals surface area (Å²) in [6.45, 7) is 0. The molecule has 0 atom stereocenters. The average molecular weight is 258 g/mol. The lowest BCUT2D eigenvalue weighted by atomic mass is 10.1. The Kier molecular flexibility index (Phi) is 3.35. The zero-order valence-electron chi connectivity index (χ0n) is 7.89. The highest BCUT2D eigenvalue weighted by atomic mass is 19.4. The van der Waals surface area contributed by atoms with E-state index in [1.807, 2.05) is 0 Å². The van der Waals surface area contributed by atoms with E-state index in [2.05, 4.69) is 4.42 Å². The zero-order valence-corrected chi connectivity index (χ0v) is 7.89. The first-order valence-corrected chi connectivity index (χ1v) is 4.06. The first-order valence-electron chi connectivity index (χ1n) is 4.06. The molecule has 1 heterocycles. The zero-order chi connectivity index (χ0) is 13.3. The minimum atomic E-state index is -5.65. The van der Waals surface area contributed by atoms with Gasteiger partial charge in [0.15, 0.2) is 5.76 Å². The molecule has 1 aromatic heterocycles. The molecule has 0 saturated carbocycles. The van der Waals surface area contributed by atoms with Crippen molar-refractivity contribution in [2.45, 2.75) is 12.4 Å². The van der Waals surface area contributed by atoms with E-state index in [9.17, 15) is 31.1 Å². The van der Waals surface area contributed by atoms with Crippen LogP contribution in [0.3, 0.4) is 0 Å². The Morgan fingerprint density at radius 3 is 2.00 bits per heavy atom. The predicted molar refractivity (Wildman–Crippen MR) is 43.2 cm³/mol. The Labute approximate surface area is 90.5 Å². The fraction of sp³-hybridized carbons (Fsp3) is 0.222. The van der Waals surface area contributed by atoms with Crippen LogP contribution in [0.1, 0.15) is 10.6 Å². The molecule has 0 unspecified atom stereocenters. The molecular weight excluding hydrogens is 254 g/mol. The molecule has 17 heavy (non-hydrogen) atoms. The van der Waals surface area contributed by atoms with Gasteiger partial charge < -0.3 is 4.42 Å². The molecule has 0 bridgehead atoms. The van der Waals surface area contributed by atoms with Gasteiger partial charge in [0.1, 0.15) is 5.57 Å². The van der Waals surface area contributed by atoms with Crippen molar-refractivity contribution in [2.24, 2.45) is 0 Å². The van der Waals surface area contributed by atoms with E-state index in [0.29, 0.717) is 0 Å². The molecule has 0 aliphatic heterocycles. The lowest BCUT2D eigenvalue weighted by Crippen LogP contribution is -2.27. The maximum Gasteiger partial charge on any atom is 0.421 e. The molecule has 0 spiro atoms. The minimum absolute atomic E-state index is 0.529. The maximum absolute atomic E-state index is 12.0. The molecule has 0 aliphatic carbocycles. The van der Waals surface area contributed by atoms with Gasteiger partial charge in [0.2, 0.25) is 5.78 Å². The molecule has 0 aliphatic rings. The highest BCUT2D eigenvalue weighted by Crippen LogP contribution is 2.38. The summed E-state index contributed by atoms with van der Waals surface area (Å²) in [5, 5.41) is 0. The molecule has 1 aromatic rings. The van der Waals surface area contributed by atoms with Crippen LogP contribution < -0.4 is 0 Å². The van der Waals surface area contributed by atoms with Gasteiger partial charge in [0.05, 0.1) is 6.26 Å². The van der Waals surface area contributed by atoms with Crippen molar-refractivity contribution in [3.8, 4) is 0 Å². The van der Waals surface area contributed by atoms with Crippen molar-refractivity contribution in [1.82, 2.24) is 0 Å². The quantitative estimate of drug-likeness (QED) is 0.461. The van der Waals surface area contributed by atoms with E-state index in [1.165, 1.54) is 6.07 Å². The first-order chi connectivity index (χ1) is 7.62. The molecule has 0 radical (unpaired) electrons. The second-order valence-corrected chi connectivity index (χ2v) is 2.90. The number of halogens is 6. The van der Waals surface area contributed by atoms with Crippen LogP contribution in [0.5, 0.6) is 0 Å². The van der Waals surface area contributed by atoms with Crippen LogP contribution in [0, 0.1) is 0 Å². The predicted octanol–water partition coefficient (Wildman–Crippen LogP) is 3.51. The Hall–Kier alpha value is -1.73. The van der Waals surface area contributed by atoms with Crippen molar-refractivity contribution < 1.29 is 35.6 Å². The molecule has 0 fully saturated rings. The third-order valence-electron chi connectivity index (χ3n) is 1.65. The smallest absolute Gasteiger partial charge is 0.421 e. The molecule has 0 aromatic carbocycles. The van der Waals surface area contributed by atoms with Gasteiger partial charge in [0.25, 0.3) is 0 Å². The summed E-state index contributed by atoms with van der Waals surface area (Å²) >= 11 is 0. The number of ketones is 1. The third kappa shape index (κ3) is 3.36. The van der Waals surface area contributed by atoms with Crippen LogP contribution in [0.25, 0.3) is 0 Å². The normalized spacial score (nSPS) is 12.4. The second-order valence-electron chi connectivity index (χ2n) is 2.90. The molecule has 0 amide bonds. The topological polar surface area (TPSA) is 30.2 Å². The molecule has 94 valence electrons. The van der Waals surface area contributed by atoms with E-state index < -0.39 is 35.5 Å². The standard InChI is InChI=1S/C9H4F6O2/c10-8(11,12)7(9(13,14)15)4-5(16)6-2-1-3-17-6/h1-4H. The molecule has 1 rings (SSSR count). The Morgan fingerprint density at radius 2 is 1.65 bits per heavy atom. The summed E-state index contributed by atoms with van der Waals surface area (Å²) in [6, 6.07) is 2.13.